The van der Waals surface area contributed by atoms with Crippen LogP contribution in [0.25, 0.3) is 6.08 Å². The molecule has 0 spiro atoms. The number of rotatable bonds is 11. The minimum Gasteiger partial charge on any atom is -0.490 e. The number of ether oxygens (including phenoxy) is 3. The third-order valence-electron chi connectivity index (χ3n) is 5.36. The number of nitrogens with zero attached hydrogens (tertiary/aromatic N) is 1. The fourth-order valence-electron chi connectivity index (χ4n) is 3.64. The number of hydrogen-bond donors (Lipinski definition) is 1. The number of nitrogens with one attached hydrogen (secondary N) is 1. The summed E-state index contributed by atoms with van der Waals surface area (Å²) in [5.41, 5.74) is 1.40. The zero-order valence-corrected chi connectivity index (χ0v) is 22.5. The van der Waals surface area contributed by atoms with Gasteiger partial charge >= 0.3 is 0 Å². The number of amides is 1. The normalized spacial score (nSPS) is 14.3. The molecule has 0 saturated carbocycles. The highest BCUT2D eigenvalue weighted by Gasteiger charge is 2.30. The van der Waals surface area contributed by atoms with Crippen LogP contribution < -0.4 is 19.5 Å². The van der Waals surface area contributed by atoms with Gasteiger partial charge in [0.2, 0.25) is 0 Å². The summed E-state index contributed by atoms with van der Waals surface area (Å²) in [6, 6.07) is 17.0. The van der Waals surface area contributed by atoms with Crippen LogP contribution >= 0.6 is 28.1 Å². The number of thiocarbonyl (C=S) groups is 1. The van der Waals surface area contributed by atoms with Crippen LogP contribution in [-0.2, 0) is 17.8 Å². The zero-order chi connectivity index (χ0) is 25.5. The second-order valence-electron chi connectivity index (χ2n) is 7.89. The van der Waals surface area contributed by atoms with E-state index >= 15 is 0 Å². The van der Waals surface area contributed by atoms with Crippen molar-refractivity contribution in [1.29, 1.82) is 0 Å². The largest absolute Gasteiger partial charge is 0.490 e. The van der Waals surface area contributed by atoms with Gasteiger partial charge in [-0.2, -0.15) is 0 Å². The maximum Gasteiger partial charge on any atom is 0.276 e. The molecule has 1 N–H and O–H groups in total. The van der Waals surface area contributed by atoms with Crippen molar-refractivity contribution in [3.8, 4) is 17.2 Å². The molecule has 2 heterocycles. The average Bonchev–Trinajstić information content (AvgIpc) is 3.42. The van der Waals surface area contributed by atoms with Gasteiger partial charge in [-0.05, 0) is 86.6 Å². The molecule has 3 aromatic rings. The highest BCUT2D eigenvalue weighted by molar-refractivity contribution is 9.10. The molecule has 1 saturated heterocycles. The van der Waals surface area contributed by atoms with Crippen LogP contribution in [0.3, 0.4) is 0 Å². The van der Waals surface area contributed by atoms with Crippen molar-refractivity contribution >= 4 is 45.2 Å². The van der Waals surface area contributed by atoms with Crippen LogP contribution in [0.5, 0.6) is 17.2 Å². The molecule has 0 unspecified atom stereocenters. The van der Waals surface area contributed by atoms with Gasteiger partial charge in [-0.3, -0.25) is 9.69 Å². The summed E-state index contributed by atoms with van der Waals surface area (Å²) in [4.78, 5) is 14.5. The van der Waals surface area contributed by atoms with E-state index in [2.05, 4.69) is 21.2 Å². The Morgan fingerprint density at radius 3 is 2.50 bits per heavy atom. The van der Waals surface area contributed by atoms with Gasteiger partial charge in [0.25, 0.3) is 5.91 Å². The third kappa shape index (κ3) is 6.47. The number of benzene rings is 2. The van der Waals surface area contributed by atoms with Gasteiger partial charge in [0.05, 0.1) is 13.2 Å². The summed E-state index contributed by atoms with van der Waals surface area (Å²) < 4.78 is 23.9. The quantitative estimate of drug-likeness (QED) is 0.233. The van der Waals surface area contributed by atoms with E-state index in [1.807, 2.05) is 62.4 Å². The standard InChI is InChI=1S/C27H27BrN2O5S/c1-3-32-24-12-5-18(15-25(24)33-4-2)13-14-30-26(31)23(29-27(30)36)16-21-10-11-22(35-21)17-34-20-8-6-19(28)7-9-20/h5-12,15-16H,3-4,13-14,17H2,1-2H3,(H,29,36)/b23-16+. The minimum atomic E-state index is -0.194. The van der Waals surface area contributed by atoms with Gasteiger partial charge in [-0.1, -0.05) is 22.0 Å². The van der Waals surface area contributed by atoms with E-state index < -0.39 is 0 Å². The maximum absolute atomic E-state index is 13.0. The third-order valence-corrected chi connectivity index (χ3v) is 6.21. The molecule has 188 valence electrons. The van der Waals surface area contributed by atoms with Crippen molar-refractivity contribution in [1.82, 2.24) is 10.2 Å². The van der Waals surface area contributed by atoms with Crippen LogP contribution in [0.15, 0.2) is 69.2 Å². The number of carbonyl (C=O) groups is 1. The van der Waals surface area contributed by atoms with Crippen molar-refractivity contribution in [3.05, 3.63) is 81.9 Å². The fraction of sp³-hybridized carbons (Fsp3) is 0.259. The molecule has 1 amide bonds. The highest BCUT2D eigenvalue weighted by atomic mass is 79.9. The molecule has 4 rings (SSSR count). The van der Waals surface area contributed by atoms with Crippen LogP contribution in [-0.4, -0.2) is 35.7 Å². The van der Waals surface area contributed by atoms with Crippen molar-refractivity contribution in [2.75, 3.05) is 19.8 Å². The van der Waals surface area contributed by atoms with E-state index in [0.717, 1.165) is 15.8 Å². The summed E-state index contributed by atoms with van der Waals surface area (Å²) in [6.45, 7) is 5.69. The Hall–Kier alpha value is -3.30. The summed E-state index contributed by atoms with van der Waals surface area (Å²) in [5.74, 6) is 3.14. The summed E-state index contributed by atoms with van der Waals surface area (Å²) in [6.07, 6.45) is 2.27. The lowest BCUT2D eigenvalue weighted by atomic mass is 10.1. The molecule has 1 aliphatic rings. The van der Waals surface area contributed by atoms with Gasteiger partial charge in [0.1, 0.15) is 29.6 Å². The number of halogens is 1. The topological polar surface area (TPSA) is 73.2 Å². The maximum atomic E-state index is 13.0. The van der Waals surface area contributed by atoms with Gasteiger partial charge < -0.3 is 23.9 Å². The number of carbonyl (C=O) groups excluding carboxylic acids is 1. The Balaban J connectivity index is 1.36. The van der Waals surface area contributed by atoms with Crippen molar-refractivity contribution in [2.24, 2.45) is 0 Å². The first-order chi connectivity index (χ1) is 17.5. The van der Waals surface area contributed by atoms with Crippen LogP contribution in [0.1, 0.15) is 30.9 Å². The van der Waals surface area contributed by atoms with E-state index in [9.17, 15) is 4.79 Å². The van der Waals surface area contributed by atoms with Gasteiger partial charge in [0, 0.05) is 17.1 Å². The predicted octanol–water partition coefficient (Wildman–Crippen LogP) is 5.72. The number of furan rings is 1. The summed E-state index contributed by atoms with van der Waals surface area (Å²) in [7, 11) is 0. The lowest BCUT2D eigenvalue weighted by Gasteiger charge is -2.15. The van der Waals surface area contributed by atoms with Crippen LogP contribution in [0.2, 0.25) is 0 Å². The Morgan fingerprint density at radius 1 is 1.00 bits per heavy atom. The lowest BCUT2D eigenvalue weighted by Crippen LogP contribution is -2.32. The molecule has 36 heavy (non-hydrogen) atoms. The first kappa shape index (κ1) is 25.8. The monoisotopic (exact) mass is 570 g/mol. The Kier molecular flexibility index (Phi) is 8.66. The van der Waals surface area contributed by atoms with Crippen molar-refractivity contribution in [2.45, 2.75) is 26.9 Å². The SMILES string of the molecule is CCOc1ccc(CCN2C(=O)/C(=C\c3ccc(COc4ccc(Br)cc4)o3)NC2=S)cc1OCC. The zero-order valence-electron chi connectivity index (χ0n) is 20.1. The van der Waals surface area contributed by atoms with E-state index in [0.29, 0.717) is 60.0 Å². The summed E-state index contributed by atoms with van der Waals surface area (Å²) >= 11 is 8.81. The predicted molar refractivity (Wildman–Crippen MR) is 145 cm³/mol. The highest BCUT2D eigenvalue weighted by Crippen LogP contribution is 2.29. The molecule has 7 nitrogen and oxygen atoms in total. The Bertz CT molecular complexity index is 1260. The van der Waals surface area contributed by atoms with Crippen LogP contribution in [0, 0.1) is 0 Å². The molecule has 1 aromatic heterocycles. The minimum absolute atomic E-state index is 0.194. The first-order valence-corrected chi connectivity index (χ1v) is 12.9. The van der Waals surface area contributed by atoms with Gasteiger partial charge in [-0.25, -0.2) is 0 Å². The molecule has 2 aromatic carbocycles. The molecule has 0 aliphatic carbocycles. The van der Waals surface area contributed by atoms with E-state index in [-0.39, 0.29) is 12.5 Å². The lowest BCUT2D eigenvalue weighted by molar-refractivity contribution is -0.122. The van der Waals surface area contributed by atoms with Gasteiger partial charge in [0.15, 0.2) is 16.6 Å². The Labute approximate surface area is 224 Å². The average molecular weight is 571 g/mol. The van der Waals surface area contributed by atoms with E-state index in [4.69, 9.17) is 30.8 Å². The van der Waals surface area contributed by atoms with Gasteiger partial charge in [-0.15, -0.1) is 0 Å². The molecule has 0 bridgehead atoms. The molecule has 1 fully saturated rings. The second-order valence-corrected chi connectivity index (χ2v) is 9.19. The molecular formula is C27H27BrN2O5S. The first-order valence-electron chi connectivity index (χ1n) is 11.7. The summed E-state index contributed by atoms with van der Waals surface area (Å²) in [5, 5.41) is 3.37. The fourth-order valence-corrected chi connectivity index (χ4v) is 4.19. The van der Waals surface area contributed by atoms with Crippen LogP contribution in [0.4, 0.5) is 0 Å². The van der Waals surface area contributed by atoms with E-state index in [1.165, 1.54) is 0 Å². The number of hydrogen-bond acceptors (Lipinski definition) is 6. The van der Waals surface area contributed by atoms with Crippen molar-refractivity contribution < 1.29 is 23.4 Å². The van der Waals surface area contributed by atoms with Crippen molar-refractivity contribution in [3.63, 3.8) is 0 Å². The molecular weight excluding hydrogens is 544 g/mol. The molecule has 0 radical (unpaired) electrons. The molecule has 0 atom stereocenters. The smallest absolute Gasteiger partial charge is 0.276 e. The second kappa shape index (κ2) is 12.1. The Morgan fingerprint density at radius 2 is 1.75 bits per heavy atom. The van der Waals surface area contributed by atoms with E-state index in [1.54, 1.807) is 17.0 Å². The molecule has 9 heteroatoms. The molecule has 1 aliphatic heterocycles.